The van der Waals surface area contributed by atoms with Crippen LogP contribution in [0, 0.1) is 5.92 Å². The molecule has 3 heterocycles. The maximum atomic E-state index is 13.0. The topological polar surface area (TPSA) is 58.6 Å². The number of piperidine rings is 2. The fraction of sp³-hybridized carbons (Fsp3) is 0.556. The molecule has 1 aromatic rings. The molecule has 0 aliphatic carbocycles. The molecule has 4 rings (SSSR count). The van der Waals surface area contributed by atoms with Gasteiger partial charge in [-0.2, -0.15) is 0 Å². The third-order valence-electron chi connectivity index (χ3n) is 5.27. The molecule has 3 aliphatic heterocycles. The smallest absolute Gasteiger partial charge is 0.236 e. The van der Waals surface area contributed by atoms with E-state index in [9.17, 15) is 9.59 Å². The predicted octanol–water partition coefficient (Wildman–Crippen LogP) is 2.03. The number of para-hydroxylation sites is 1. The molecule has 5 nitrogen and oxygen atoms in total. The Morgan fingerprint density at radius 2 is 2.00 bits per heavy atom. The number of benzene rings is 1. The molecule has 2 saturated heterocycles. The Kier molecular flexibility index (Phi) is 3.32. The molecule has 0 unspecified atom stereocenters. The van der Waals surface area contributed by atoms with E-state index in [4.69, 9.17) is 4.74 Å². The summed E-state index contributed by atoms with van der Waals surface area (Å²) >= 11 is 0. The number of likely N-dealkylation sites (tertiary alicyclic amines) is 1. The van der Waals surface area contributed by atoms with Gasteiger partial charge in [-0.15, -0.1) is 0 Å². The largest absolute Gasteiger partial charge is 0.468 e. The standard InChI is InChI=1S/C18H22N2O3/c1-18-11-13(12-7-3-4-8-14(12)23-18)15(16(21)19-18)17(22)20-9-5-2-6-10-20/h3-4,7-8,13,15H,2,5-6,9-11H2,1H3,(H,19,21)/t13-,15-,18+/m0/s1. The third-order valence-corrected chi connectivity index (χ3v) is 5.27. The van der Waals surface area contributed by atoms with Crippen LogP contribution in [-0.2, 0) is 9.59 Å². The summed E-state index contributed by atoms with van der Waals surface area (Å²) in [4.78, 5) is 27.5. The van der Waals surface area contributed by atoms with Gasteiger partial charge in [0.25, 0.3) is 0 Å². The van der Waals surface area contributed by atoms with Crippen molar-refractivity contribution < 1.29 is 14.3 Å². The Morgan fingerprint density at radius 3 is 2.78 bits per heavy atom. The zero-order valence-corrected chi connectivity index (χ0v) is 13.4. The highest BCUT2D eigenvalue weighted by molar-refractivity contribution is 6.02. The predicted molar refractivity (Wildman–Crippen MR) is 84.9 cm³/mol. The number of fused-ring (bicyclic) bond motifs is 4. The molecule has 122 valence electrons. The highest BCUT2D eigenvalue weighted by Gasteiger charge is 2.52. The monoisotopic (exact) mass is 314 g/mol. The zero-order chi connectivity index (χ0) is 16.0. The van der Waals surface area contributed by atoms with Crippen LogP contribution in [0.5, 0.6) is 5.75 Å². The summed E-state index contributed by atoms with van der Waals surface area (Å²) < 4.78 is 5.98. The second kappa shape index (κ2) is 5.25. The van der Waals surface area contributed by atoms with E-state index in [2.05, 4.69) is 5.32 Å². The van der Waals surface area contributed by atoms with Crippen LogP contribution in [0.3, 0.4) is 0 Å². The summed E-state index contributed by atoms with van der Waals surface area (Å²) in [5.74, 6) is -0.179. The van der Waals surface area contributed by atoms with Crippen molar-refractivity contribution >= 4 is 11.8 Å². The maximum Gasteiger partial charge on any atom is 0.236 e. The molecular formula is C18H22N2O3. The summed E-state index contributed by atoms with van der Waals surface area (Å²) in [6, 6.07) is 7.76. The van der Waals surface area contributed by atoms with Gasteiger partial charge >= 0.3 is 0 Å². The fourth-order valence-corrected chi connectivity index (χ4v) is 4.18. The lowest BCUT2D eigenvalue weighted by molar-refractivity contribution is -0.152. The first-order chi connectivity index (χ1) is 11.1. The molecule has 1 aromatic carbocycles. The summed E-state index contributed by atoms with van der Waals surface area (Å²) in [7, 11) is 0. The molecule has 3 atom stereocenters. The number of ether oxygens (including phenoxy) is 1. The van der Waals surface area contributed by atoms with Crippen molar-refractivity contribution in [1.82, 2.24) is 10.2 Å². The lowest BCUT2D eigenvalue weighted by atomic mass is 9.74. The number of nitrogens with one attached hydrogen (secondary N) is 1. The Labute approximate surface area is 136 Å². The number of amides is 2. The minimum absolute atomic E-state index is 0.0223. The molecule has 5 heteroatoms. The van der Waals surface area contributed by atoms with Gasteiger partial charge in [0, 0.05) is 25.4 Å². The van der Waals surface area contributed by atoms with Gasteiger partial charge in [0.1, 0.15) is 11.7 Å². The number of rotatable bonds is 1. The lowest BCUT2D eigenvalue weighted by Crippen LogP contribution is -2.63. The minimum Gasteiger partial charge on any atom is -0.468 e. The van der Waals surface area contributed by atoms with Crippen LogP contribution in [0.4, 0.5) is 0 Å². The van der Waals surface area contributed by atoms with Gasteiger partial charge in [0.05, 0.1) is 0 Å². The third kappa shape index (κ3) is 2.38. The molecular weight excluding hydrogens is 292 g/mol. The van der Waals surface area contributed by atoms with Crippen LogP contribution in [0.15, 0.2) is 24.3 Å². The molecule has 23 heavy (non-hydrogen) atoms. The van der Waals surface area contributed by atoms with E-state index in [1.54, 1.807) is 0 Å². The maximum absolute atomic E-state index is 13.0. The van der Waals surface area contributed by atoms with Crippen LogP contribution in [0.1, 0.15) is 44.1 Å². The van der Waals surface area contributed by atoms with Crippen LogP contribution >= 0.6 is 0 Å². The first-order valence-electron chi connectivity index (χ1n) is 8.46. The van der Waals surface area contributed by atoms with Crippen molar-refractivity contribution in [1.29, 1.82) is 0 Å². The second-order valence-electron chi connectivity index (χ2n) is 7.03. The van der Waals surface area contributed by atoms with Crippen LogP contribution in [0.25, 0.3) is 0 Å². The van der Waals surface area contributed by atoms with Crippen LogP contribution in [-0.4, -0.2) is 35.5 Å². The van der Waals surface area contributed by atoms with Gasteiger partial charge in [-0.05, 0) is 37.8 Å². The van der Waals surface area contributed by atoms with Gasteiger partial charge in [-0.25, -0.2) is 0 Å². The molecule has 2 bridgehead atoms. The highest BCUT2D eigenvalue weighted by atomic mass is 16.5. The van der Waals surface area contributed by atoms with Gasteiger partial charge in [-0.1, -0.05) is 18.2 Å². The van der Waals surface area contributed by atoms with E-state index in [-0.39, 0.29) is 17.7 Å². The van der Waals surface area contributed by atoms with E-state index in [1.165, 1.54) is 6.42 Å². The molecule has 2 amide bonds. The van der Waals surface area contributed by atoms with Crippen molar-refractivity contribution in [2.75, 3.05) is 13.1 Å². The zero-order valence-electron chi connectivity index (χ0n) is 13.4. The minimum atomic E-state index is -0.714. The van der Waals surface area contributed by atoms with Crippen molar-refractivity contribution in [2.45, 2.75) is 44.2 Å². The first-order valence-corrected chi connectivity index (χ1v) is 8.46. The highest BCUT2D eigenvalue weighted by Crippen LogP contribution is 2.47. The number of carbonyl (C=O) groups is 2. The quantitative estimate of drug-likeness (QED) is 0.807. The molecule has 1 N–H and O–H groups in total. The summed E-state index contributed by atoms with van der Waals surface area (Å²) in [5.41, 5.74) is 0.268. The van der Waals surface area contributed by atoms with Crippen LogP contribution < -0.4 is 10.1 Å². The van der Waals surface area contributed by atoms with E-state index < -0.39 is 11.6 Å². The van der Waals surface area contributed by atoms with Gasteiger partial charge < -0.3 is 15.0 Å². The van der Waals surface area contributed by atoms with Crippen molar-refractivity contribution in [2.24, 2.45) is 5.92 Å². The number of hydrogen-bond acceptors (Lipinski definition) is 3. The number of hydrogen-bond donors (Lipinski definition) is 1. The van der Waals surface area contributed by atoms with Crippen molar-refractivity contribution in [3.8, 4) is 5.75 Å². The Balaban J connectivity index is 1.70. The van der Waals surface area contributed by atoms with E-state index in [1.807, 2.05) is 36.1 Å². The normalized spacial score (nSPS) is 32.6. The van der Waals surface area contributed by atoms with E-state index in [0.29, 0.717) is 6.42 Å². The summed E-state index contributed by atoms with van der Waals surface area (Å²) in [6.07, 6.45) is 3.86. The summed E-state index contributed by atoms with van der Waals surface area (Å²) in [6.45, 7) is 3.42. The lowest BCUT2D eigenvalue weighted by Gasteiger charge is -2.47. The average molecular weight is 314 g/mol. The first kappa shape index (κ1) is 14.5. The van der Waals surface area contributed by atoms with Gasteiger partial charge in [0.2, 0.25) is 11.8 Å². The SMILES string of the molecule is C[C@]12C[C@@H](c3ccccc3O1)[C@H](C(=O)N1CCCCC1)C(=O)N2. The van der Waals surface area contributed by atoms with Crippen molar-refractivity contribution in [3.05, 3.63) is 29.8 Å². The Bertz CT molecular complexity index is 653. The molecule has 0 aromatic heterocycles. The van der Waals surface area contributed by atoms with Gasteiger partial charge in [0.15, 0.2) is 5.72 Å². The molecule has 2 fully saturated rings. The Hall–Kier alpha value is -2.04. The van der Waals surface area contributed by atoms with Crippen LogP contribution in [0.2, 0.25) is 0 Å². The van der Waals surface area contributed by atoms with Crippen molar-refractivity contribution in [3.63, 3.8) is 0 Å². The van der Waals surface area contributed by atoms with E-state index in [0.717, 1.165) is 37.2 Å². The molecule has 3 aliphatic rings. The fourth-order valence-electron chi connectivity index (χ4n) is 4.18. The average Bonchev–Trinajstić information content (AvgIpc) is 2.54. The second-order valence-corrected chi connectivity index (χ2v) is 7.03. The number of nitrogens with zero attached hydrogens (tertiary/aromatic N) is 1. The van der Waals surface area contributed by atoms with Gasteiger partial charge in [-0.3, -0.25) is 9.59 Å². The van der Waals surface area contributed by atoms with E-state index >= 15 is 0 Å². The Morgan fingerprint density at radius 1 is 1.26 bits per heavy atom. The molecule has 0 saturated carbocycles. The molecule has 0 radical (unpaired) electrons. The summed E-state index contributed by atoms with van der Waals surface area (Å²) in [5, 5.41) is 2.93. The molecule has 0 spiro atoms. The number of carbonyl (C=O) groups excluding carboxylic acids is 2.